The van der Waals surface area contributed by atoms with Gasteiger partial charge >= 0.3 is 0 Å². The first-order chi connectivity index (χ1) is 24.6. The number of hydrogen-bond donors (Lipinski definition) is 1. The predicted octanol–water partition coefficient (Wildman–Crippen LogP) is 15.2. The van der Waals surface area contributed by atoms with Gasteiger partial charge in [-0.05, 0) is 126 Å². The first kappa shape index (κ1) is 34.8. The quantitative estimate of drug-likeness (QED) is 0.0651. The van der Waals surface area contributed by atoms with Crippen molar-refractivity contribution in [2.24, 2.45) is 0 Å². The molecule has 0 fully saturated rings. The lowest BCUT2D eigenvalue weighted by molar-refractivity contribution is 0.627. The molecule has 8 aromatic carbocycles. The van der Waals surface area contributed by atoms with Crippen molar-refractivity contribution < 1.29 is 0 Å². The van der Waals surface area contributed by atoms with Crippen LogP contribution >= 0.6 is 36.2 Å². The van der Waals surface area contributed by atoms with Crippen molar-refractivity contribution in [2.45, 2.75) is 67.9 Å². The Labute approximate surface area is 311 Å². The van der Waals surface area contributed by atoms with Crippen molar-refractivity contribution in [1.29, 1.82) is 0 Å². The fourth-order valence-corrected chi connectivity index (χ4v) is 8.82. The summed E-state index contributed by atoms with van der Waals surface area (Å²) in [7, 11) is 0. The highest BCUT2D eigenvalue weighted by Gasteiger charge is 2.08. The number of hydrogen-bond acceptors (Lipinski definition) is 3. The highest BCUT2D eigenvalue weighted by atomic mass is 32.2. The first-order valence-electron chi connectivity index (χ1n) is 18.1. The molecule has 0 saturated carbocycles. The van der Waals surface area contributed by atoms with E-state index < -0.39 is 0 Å². The monoisotopic (exact) mass is 706 g/mol. The molecule has 0 amide bonds. The van der Waals surface area contributed by atoms with Crippen LogP contribution < -0.4 is 0 Å². The van der Waals surface area contributed by atoms with Gasteiger partial charge in [-0.3, -0.25) is 0 Å². The summed E-state index contributed by atoms with van der Waals surface area (Å²) < 4.78 is 0. The third-order valence-corrected chi connectivity index (χ3v) is 12.2. The molecule has 0 N–H and O–H groups in total. The van der Waals surface area contributed by atoms with Crippen molar-refractivity contribution in [3.63, 3.8) is 0 Å². The van der Waals surface area contributed by atoms with Crippen LogP contribution in [-0.2, 0) is 5.75 Å². The number of benzene rings is 8. The minimum absolute atomic E-state index is 0.774. The van der Waals surface area contributed by atoms with Crippen LogP contribution in [0.3, 0.4) is 0 Å². The van der Waals surface area contributed by atoms with Crippen LogP contribution in [0, 0.1) is 6.92 Å². The van der Waals surface area contributed by atoms with E-state index in [1.165, 1.54) is 130 Å². The standard InChI is InChI=1S/C27H30S.C20H16S2/c1-3-4-5-6-7-8-17-28-23-14-11-22-13-15-24-25(27(22)19-23)16-12-21-10-9-20(2)18-26(21)24;1-22-16-7-4-15-6-8-17-18(20(15)11-16)9-5-14-3-2-13(12-21)10-19(14)17/h9-16,18-19H,3-8,17H2,1-2H3;2-11,21H,12H2,1H3. The number of fused-ring (bicyclic) bond motifs is 10. The molecule has 0 radical (unpaired) electrons. The van der Waals surface area contributed by atoms with E-state index in [0.29, 0.717) is 0 Å². The molecule has 0 aliphatic heterocycles. The Hall–Kier alpha value is -3.63. The Morgan fingerprint density at radius 3 is 1.50 bits per heavy atom. The lowest BCUT2D eigenvalue weighted by atomic mass is 9.96. The summed E-state index contributed by atoms with van der Waals surface area (Å²) in [6.45, 7) is 4.46. The molecule has 252 valence electrons. The molecule has 50 heavy (non-hydrogen) atoms. The summed E-state index contributed by atoms with van der Waals surface area (Å²) in [6.07, 6.45) is 10.3. The van der Waals surface area contributed by atoms with E-state index >= 15 is 0 Å². The Balaban J connectivity index is 0.000000161. The van der Waals surface area contributed by atoms with E-state index in [0.717, 1.165) is 5.75 Å². The van der Waals surface area contributed by atoms with Crippen LogP contribution in [0.5, 0.6) is 0 Å². The van der Waals surface area contributed by atoms with Crippen LogP contribution in [-0.4, -0.2) is 12.0 Å². The minimum Gasteiger partial charge on any atom is -0.175 e. The Morgan fingerprint density at radius 1 is 0.460 bits per heavy atom. The lowest BCUT2D eigenvalue weighted by Gasteiger charge is -2.10. The van der Waals surface area contributed by atoms with Gasteiger partial charge in [-0.2, -0.15) is 12.6 Å². The second-order valence-electron chi connectivity index (χ2n) is 13.5. The van der Waals surface area contributed by atoms with Crippen LogP contribution in [0.25, 0.3) is 64.6 Å². The summed E-state index contributed by atoms with van der Waals surface area (Å²) in [5, 5.41) is 16.1. The van der Waals surface area contributed by atoms with Gasteiger partial charge in [0.25, 0.3) is 0 Å². The molecule has 0 aromatic heterocycles. The largest absolute Gasteiger partial charge is 0.175 e. The third kappa shape index (κ3) is 7.52. The zero-order valence-corrected chi connectivity index (χ0v) is 32.0. The van der Waals surface area contributed by atoms with E-state index in [4.69, 9.17) is 0 Å². The second kappa shape index (κ2) is 16.1. The van der Waals surface area contributed by atoms with Crippen molar-refractivity contribution >= 4 is 101 Å². The van der Waals surface area contributed by atoms with E-state index in [1.54, 1.807) is 11.8 Å². The van der Waals surface area contributed by atoms with E-state index in [-0.39, 0.29) is 0 Å². The third-order valence-electron chi connectivity index (χ3n) is 10.0. The van der Waals surface area contributed by atoms with Crippen molar-refractivity contribution in [1.82, 2.24) is 0 Å². The average molecular weight is 707 g/mol. The summed E-state index contributed by atoms with van der Waals surface area (Å²) in [6, 6.07) is 45.2. The molecule has 3 heteroatoms. The van der Waals surface area contributed by atoms with Crippen LogP contribution in [0.4, 0.5) is 0 Å². The Morgan fingerprint density at radius 2 is 0.920 bits per heavy atom. The molecule has 0 unspecified atom stereocenters. The molecular weight excluding hydrogens is 661 g/mol. The molecule has 0 atom stereocenters. The number of thiol groups is 1. The van der Waals surface area contributed by atoms with E-state index in [1.807, 2.05) is 11.8 Å². The first-order valence-corrected chi connectivity index (χ1v) is 20.9. The van der Waals surface area contributed by atoms with Gasteiger partial charge in [-0.1, -0.05) is 136 Å². The Kier molecular flexibility index (Phi) is 11.2. The van der Waals surface area contributed by atoms with Crippen molar-refractivity contribution in [3.05, 3.63) is 132 Å². The average Bonchev–Trinajstić information content (AvgIpc) is 3.16. The van der Waals surface area contributed by atoms with Gasteiger partial charge in [0.15, 0.2) is 0 Å². The predicted molar refractivity (Wildman–Crippen MR) is 231 cm³/mol. The van der Waals surface area contributed by atoms with Gasteiger partial charge in [-0.25, -0.2) is 0 Å². The molecule has 0 heterocycles. The topological polar surface area (TPSA) is 0 Å². The molecule has 8 rings (SSSR count). The van der Waals surface area contributed by atoms with Crippen LogP contribution in [0.1, 0.15) is 56.6 Å². The molecule has 8 aromatic rings. The fraction of sp³-hybridized carbons (Fsp3) is 0.234. The highest BCUT2D eigenvalue weighted by Crippen LogP contribution is 2.35. The minimum atomic E-state index is 0.774. The van der Waals surface area contributed by atoms with Crippen LogP contribution in [0.15, 0.2) is 131 Å². The Bertz CT molecular complexity index is 2360. The van der Waals surface area contributed by atoms with Gasteiger partial charge < -0.3 is 0 Å². The maximum Gasteiger partial charge on any atom is 0.0154 e. The molecule has 0 bridgehead atoms. The highest BCUT2D eigenvalue weighted by molar-refractivity contribution is 7.99. The fourth-order valence-electron chi connectivity index (χ4n) is 7.24. The maximum atomic E-state index is 4.41. The summed E-state index contributed by atoms with van der Waals surface area (Å²) in [4.78, 5) is 2.71. The second-order valence-corrected chi connectivity index (χ2v) is 15.8. The van der Waals surface area contributed by atoms with Gasteiger partial charge in [0.2, 0.25) is 0 Å². The van der Waals surface area contributed by atoms with Gasteiger partial charge in [0, 0.05) is 15.5 Å². The SMILES string of the molecule is CCCCCCCCSc1ccc2ccc3c4cc(C)ccc4ccc3c2c1.CSc1ccc2ccc3c4cc(CS)ccc4ccc3c2c1. The van der Waals surface area contributed by atoms with Crippen LogP contribution in [0.2, 0.25) is 0 Å². The molecule has 0 nitrogen and oxygen atoms in total. The van der Waals surface area contributed by atoms with Crippen molar-refractivity contribution in [3.8, 4) is 0 Å². The van der Waals surface area contributed by atoms with E-state index in [9.17, 15) is 0 Å². The molecular formula is C47H46S3. The zero-order chi connectivity index (χ0) is 34.5. The normalized spacial score (nSPS) is 11.6. The summed E-state index contributed by atoms with van der Waals surface area (Å²) in [5.41, 5.74) is 2.59. The van der Waals surface area contributed by atoms with E-state index in [2.05, 4.69) is 154 Å². The van der Waals surface area contributed by atoms with Crippen molar-refractivity contribution in [2.75, 3.05) is 12.0 Å². The van der Waals surface area contributed by atoms with Gasteiger partial charge in [0.1, 0.15) is 0 Å². The zero-order valence-electron chi connectivity index (χ0n) is 29.5. The summed E-state index contributed by atoms with van der Waals surface area (Å²) in [5.74, 6) is 2.00. The lowest BCUT2D eigenvalue weighted by Crippen LogP contribution is -1.85. The molecule has 0 saturated heterocycles. The smallest absolute Gasteiger partial charge is 0.0154 e. The molecule has 0 spiro atoms. The number of thioether (sulfide) groups is 2. The number of aryl methyl sites for hydroxylation is 1. The number of unbranched alkanes of at least 4 members (excludes halogenated alkanes) is 5. The summed E-state index contributed by atoms with van der Waals surface area (Å²) >= 11 is 8.22. The number of rotatable bonds is 10. The molecule has 0 aliphatic rings. The van der Waals surface area contributed by atoms with Gasteiger partial charge in [-0.15, -0.1) is 23.5 Å². The van der Waals surface area contributed by atoms with Gasteiger partial charge in [0.05, 0.1) is 0 Å². The maximum absolute atomic E-state index is 4.41. The molecule has 0 aliphatic carbocycles.